The van der Waals surface area contributed by atoms with Gasteiger partial charge in [0, 0.05) is 42.9 Å². The van der Waals surface area contributed by atoms with Crippen LogP contribution in [0.2, 0.25) is 0 Å². The fourth-order valence-corrected chi connectivity index (χ4v) is 2.67. The van der Waals surface area contributed by atoms with Gasteiger partial charge in [-0.05, 0) is 18.2 Å². The third-order valence-electron chi connectivity index (χ3n) is 3.14. The third kappa shape index (κ3) is 3.12. The zero-order chi connectivity index (χ0) is 13.0. The lowest BCUT2D eigenvalue weighted by atomic mass is 10.2. The van der Waals surface area contributed by atoms with E-state index in [0.29, 0.717) is 5.56 Å². The van der Waals surface area contributed by atoms with Gasteiger partial charge in [-0.15, -0.1) is 6.58 Å². The highest BCUT2D eigenvalue weighted by Gasteiger charge is 2.16. The standard InChI is InChI=1S/C14H16BrN3/c1-2-3-17-4-6-18(7-5-17)14-9-12(11-16)8-13(15)10-14/h2,8-10H,1,3-7H2. The Hall–Kier alpha value is -1.31. The van der Waals surface area contributed by atoms with Crippen molar-refractivity contribution in [2.24, 2.45) is 0 Å². The van der Waals surface area contributed by atoms with Crippen LogP contribution in [0.5, 0.6) is 0 Å². The van der Waals surface area contributed by atoms with E-state index in [4.69, 9.17) is 5.26 Å². The summed E-state index contributed by atoms with van der Waals surface area (Å²) in [7, 11) is 0. The van der Waals surface area contributed by atoms with Gasteiger partial charge < -0.3 is 4.90 Å². The molecule has 1 fully saturated rings. The Bertz CT molecular complexity index is 470. The molecule has 0 amide bonds. The normalized spacial score (nSPS) is 16.3. The zero-order valence-electron chi connectivity index (χ0n) is 10.3. The van der Waals surface area contributed by atoms with Gasteiger partial charge >= 0.3 is 0 Å². The van der Waals surface area contributed by atoms with E-state index in [1.54, 1.807) is 0 Å². The quantitative estimate of drug-likeness (QED) is 0.804. The van der Waals surface area contributed by atoms with Crippen molar-refractivity contribution >= 4 is 21.6 Å². The molecule has 1 aliphatic rings. The van der Waals surface area contributed by atoms with Crippen molar-refractivity contribution in [1.29, 1.82) is 5.26 Å². The molecule has 0 radical (unpaired) electrons. The van der Waals surface area contributed by atoms with Gasteiger partial charge in [0.25, 0.3) is 0 Å². The minimum atomic E-state index is 0.702. The number of anilines is 1. The molecule has 0 atom stereocenters. The van der Waals surface area contributed by atoms with Crippen LogP contribution in [0.4, 0.5) is 5.69 Å². The molecular weight excluding hydrogens is 290 g/mol. The van der Waals surface area contributed by atoms with E-state index in [0.717, 1.165) is 42.9 Å². The summed E-state index contributed by atoms with van der Waals surface area (Å²) in [6.07, 6.45) is 1.95. The average molecular weight is 306 g/mol. The number of hydrogen-bond donors (Lipinski definition) is 0. The summed E-state index contributed by atoms with van der Waals surface area (Å²) in [4.78, 5) is 4.71. The highest BCUT2D eigenvalue weighted by molar-refractivity contribution is 9.10. The van der Waals surface area contributed by atoms with Crippen molar-refractivity contribution in [2.45, 2.75) is 0 Å². The van der Waals surface area contributed by atoms with Crippen molar-refractivity contribution < 1.29 is 0 Å². The van der Waals surface area contributed by atoms with Crippen LogP contribution in [0.1, 0.15) is 5.56 Å². The lowest BCUT2D eigenvalue weighted by Gasteiger charge is -2.35. The summed E-state index contributed by atoms with van der Waals surface area (Å²) >= 11 is 3.46. The molecule has 0 N–H and O–H groups in total. The highest BCUT2D eigenvalue weighted by atomic mass is 79.9. The molecular formula is C14H16BrN3. The predicted octanol–water partition coefficient (Wildman–Crippen LogP) is 2.63. The summed E-state index contributed by atoms with van der Waals surface area (Å²) in [6, 6.07) is 8.07. The van der Waals surface area contributed by atoms with E-state index >= 15 is 0 Å². The molecule has 1 aromatic carbocycles. The number of rotatable bonds is 3. The summed E-state index contributed by atoms with van der Waals surface area (Å²) < 4.78 is 0.963. The number of piperazine rings is 1. The van der Waals surface area contributed by atoms with Crippen LogP contribution in [0, 0.1) is 11.3 Å². The molecule has 3 nitrogen and oxygen atoms in total. The second-order valence-electron chi connectivity index (χ2n) is 4.39. The molecule has 0 spiro atoms. The molecule has 0 aromatic heterocycles. The van der Waals surface area contributed by atoms with Crippen LogP contribution in [-0.4, -0.2) is 37.6 Å². The molecule has 0 bridgehead atoms. The Balaban J connectivity index is 2.07. The molecule has 94 valence electrons. The summed E-state index contributed by atoms with van der Waals surface area (Å²) in [5.41, 5.74) is 1.83. The van der Waals surface area contributed by atoms with Crippen LogP contribution in [0.25, 0.3) is 0 Å². The van der Waals surface area contributed by atoms with E-state index in [1.807, 2.05) is 18.2 Å². The molecule has 18 heavy (non-hydrogen) atoms. The lowest BCUT2D eigenvalue weighted by molar-refractivity contribution is 0.284. The van der Waals surface area contributed by atoms with Gasteiger partial charge in [0.2, 0.25) is 0 Å². The maximum absolute atomic E-state index is 8.99. The van der Waals surface area contributed by atoms with Gasteiger partial charge in [-0.25, -0.2) is 0 Å². The van der Waals surface area contributed by atoms with Gasteiger partial charge in [0.15, 0.2) is 0 Å². The van der Waals surface area contributed by atoms with Crippen LogP contribution >= 0.6 is 15.9 Å². The third-order valence-corrected chi connectivity index (χ3v) is 3.59. The Labute approximate surface area is 116 Å². The second-order valence-corrected chi connectivity index (χ2v) is 5.30. The fourth-order valence-electron chi connectivity index (χ4n) is 2.19. The molecule has 0 saturated carbocycles. The van der Waals surface area contributed by atoms with E-state index in [1.165, 1.54) is 0 Å². The Kier molecular flexibility index (Phi) is 4.40. The van der Waals surface area contributed by atoms with Gasteiger partial charge in [0.05, 0.1) is 11.6 Å². The molecule has 4 heteroatoms. The minimum Gasteiger partial charge on any atom is -0.369 e. The Morgan fingerprint density at radius 1 is 1.28 bits per heavy atom. The highest BCUT2D eigenvalue weighted by Crippen LogP contribution is 2.23. The number of nitriles is 1. The smallest absolute Gasteiger partial charge is 0.0992 e. The fraction of sp³-hybridized carbons (Fsp3) is 0.357. The van der Waals surface area contributed by atoms with Crippen molar-refractivity contribution in [3.8, 4) is 6.07 Å². The lowest BCUT2D eigenvalue weighted by Crippen LogP contribution is -2.46. The van der Waals surface area contributed by atoms with Crippen molar-refractivity contribution in [2.75, 3.05) is 37.6 Å². The van der Waals surface area contributed by atoms with Gasteiger partial charge in [0.1, 0.15) is 0 Å². The molecule has 1 saturated heterocycles. The molecule has 0 aliphatic carbocycles. The molecule has 0 unspecified atom stereocenters. The Morgan fingerprint density at radius 3 is 2.61 bits per heavy atom. The predicted molar refractivity (Wildman–Crippen MR) is 77.7 cm³/mol. The van der Waals surface area contributed by atoms with Crippen LogP contribution in [-0.2, 0) is 0 Å². The van der Waals surface area contributed by atoms with Gasteiger partial charge in [-0.3, -0.25) is 4.90 Å². The second kappa shape index (κ2) is 6.03. The number of benzene rings is 1. The Morgan fingerprint density at radius 2 is 2.00 bits per heavy atom. The largest absolute Gasteiger partial charge is 0.369 e. The van der Waals surface area contributed by atoms with Crippen LogP contribution in [0.15, 0.2) is 35.3 Å². The minimum absolute atomic E-state index is 0.702. The number of halogens is 1. The summed E-state index contributed by atoms with van der Waals surface area (Å²) in [5, 5.41) is 8.99. The van der Waals surface area contributed by atoms with Crippen molar-refractivity contribution in [1.82, 2.24) is 4.90 Å². The van der Waals surface area contributed by atoms with E-state index < -0.39 is 0 Å². The molecule has 1 aliphatic heterocycles. The summed E-state index contributed by atoms with van der Waals surface area (Å²) in [5.74, 6) is 0. The first-order valence-electron chi connectivity index (χ1n) is 6.02. The van der Waals surface area contributed by atoms with Gasteiger partial charge in [-0.1, -0.05) is 22.0 Å². The number of hydrogen-bond acceptors (Lipinski definition) is 3. The van der Waals surface area contributed by atoms with Crippen LogP contribution in [0.3, 0.4) is 0 Å². The zero-order valence-corrected chi connectivity index (χ0v) is 11.9. The van der Waals surface area contributed by atoms with E-state index in [-0.39, 0.29) is 0 Å². The van der Waals surface area contributed by atoms with Gasteiger partial charge in [-0.2, -0.15) is 5.26 Å². The van der Waals surface area contributed by atoms with Crippen molar-refractivity contribution in [3.05, 3.63) is 40.9 Å². The summed E-state index contributed by atoms with van der Waals surface area (Å²) in [6.45, 7) is 8.80. The van der Waals surface area contributed by atoms with Crippen molar-refractivity contribution in [3.63, 3.8) is 0 Å². The number of nitrogens with zero attached hydrogens (tertiary/aromatic N) is 3. The maximum Gasteiger partial charge on any atom is 0.0992 e. The first kappa shape index (κ1) is 13.1. The molecule has 1 heterocycles. The average Bonchev–Trinajstić information content (AvgIpc) is 2.39. The monoisotopic (exact) mass is 305 g/mol. The first-order chi connectivity index (χ1) is 8.72. The van der Waals surface area contributed by atoms with Crippen LogP contribution < -0.4 is 4.90 Å². The first-order valence-corrected chi connectivity index (χ1v) is 6.81. The SMILES string of the molecule is C=CCN1CCN(c2cc(Br)cc(C#N)c2)CC1. The molecule has 2 rings (SSSR count). The maximum atomic E-state index is 8.99. The molecule has 1 aromatic rings. The topological polar surface area (TPSA) is 30.3 Å². The van der Waals surface area contributed by atoms with E-state index in [2.05, 4.69) is 44.4 Å². The van der Waals surface area contributed by atoms with E-state index in [9.17, 15) is 0 Å².